The number of ether oxygens (including phenoxy) is 1. The molecule has 4 nitrogen and oxygen atoms in total. The van der Waals surface area contributed by atoms with Gasteiger partial charge in [0.1, 0.15) is 0 Å². The number of hydrogen-bond acceptors (Lipinski definition) is 3. The highest BCUT2D eigenvalue weighted by Crippen LogP contribution is 2.29. The van der Waals surface area contributed by atoms with Crippen LogP contribution in [0, 0.1) is 11.8 Å². The Kier molecular flexibility index (Phi) is 7.93. The van der Waals surface area contributed by atoms with Gasteiger partial charge in [-0.15, -0.1) is 6.58 Å². The van der Waals surface area contributed by atoms with E-state index in [1.54, 1.807) is 0 Å². The zero-order valence-corrected chi connectivity index (χ0v) is 14.8. The molecule has 2 unspecified atom stereocenters. The molecule has 0 bridgehead atoms. The number of nitrogens with zero attached hydrogens (tertiary/aromatic N) is 1. The Morgan fingerprint density at radius 2 is 2.09 bits per heavy atom. The maximum Gasteiger partial charge on any atom is 0.409 e. The molecule has 0 spiro atoms. The molecule has 1 amide bonds. The van der Waals surface area contributed by atoms with E-state index in [1.165, 1.54) is 19.3 Å². The van der Waals surface area contributed by atoms with E-state index >= 15 is 0 Å². The Morgan fingerprint density at radius 3 is 2.78 bits per heavy atom. The van der Waals surface area contributed by atoms with Crippen molar-refractivity contribution in [1.29, 1.82) is 0 Å². The fraction of sp³-hybridized carbons (Fsp3) is 0.842. The van der Waals surface area contributed by atoms with Gasteiger partial charge in [0.15, 0.2) is 0 Å². The summed E-state index contributed by atoms with van der Waals surface area (Å²) in [6, 6.07) is 0.671. The Balaban J connectivity index is 1.63. The van der Waals surface area contributed by atoms with Gasteiger partial charge >= 0.3 is 6.09 Å². The van der Waals surface area contributed by atoms with Crippen molar-refractivity contribution >= 4 is 6.09 Å². The van der Waals surface area contributed by atoms with E-state index in [9.17, 15) is 4.79 Å². The third kappa shape index (κ3) is 5.83. The topological polar surface area (TPSA) is 41.6 Å². The first kappa shape index (κ1) is 18.3. The first-order valence-electron chi connectivity index (χ1n) is 9.50. The van der Waals surface area contributed by atoms with Crippen LogP contribution in [0.4, 0.5) is 4.79 Å². The summed E-state index contributed by atoms with van der Waals surface area (Å²) < 4.78 is 5.30. The SMILES string of the molecule is C=CCC1CCCC1NCC1CCN(C(=O)OCCCC)CC1. The summed E-state index contributed by atoms with van der Waals surface area (Å²) in [5, 5.41) is 3.79. The van der Waals surface area contributed by atoms with Crippen LogP contribution in [0.25, 0.3) is 0 Å². The number of carbonyl (C=O) groups is 1. The van der Waals surface area contributed by atoms with Gasteiger partial charge in [0.25, 0.3) is 0 Å². The Bertz CT molecular complexity index is 364. The van der Waals surface area contributed by atoms with Crippen molar-refractivity contribution in [2.24, 2.45) is 11.8 Å². The second-order valence-corrected chi connectivity index (χ2v) is 7.13. The van der Waals surface area contributed by atoms with Gasteiger partial charge in [-0.1, -0.05) is 25.8 Å². The van der Waals surface area contributed by atoms with Crippen LogP contribution in [0.5, 0.6) is 0 Å². The minimum absolute atomic E-state index is 0.119. The molecular weight excluding hydrogens is 288 g/mol. The number of unbranched alkanes of at least 4 members (excludes halogenated alkanes) is 1. The van der Waals surface area contributed by atoms with Crippen molar-refractivity contribution in [3.8, 4) is 0 Å². The highest BCUT2D eigenvalue weighted by molar-refractivity contribution is 5.67. The molecule has 2 rings (SSSR count). The summed E-state index contributed by atoms with van der Waals surface area (Å²) in [6.07, 6.45) is 11.3. The molecule has 132 valence electrons. The number of carbonyl (C=O) groups excluding carboxylic acids is 1. The second-order valence-electron chi connectivity index (χ2n) is 7.13. The first-order chi connectivity index (χ1) is 11.2. The van der Waals surface area contributed by atoms with Crippen LogP contribution in [0.2, 0.25) is 0 Å². The molecule has 1 aliphatic carbocycles. The smallest absolute Gasteiger partial charge is 0.409 e. The van der Waals surface area contributed by atoms with Gasteiger partial charge in [0, 0.05) is 19.1 Å². The van der Waals surface area contributed by atoms with Gasteiger partial charge in [-0.05, 0) is 56.9 Å². The standard InChI is InChI=1S/C19H34N2O2/c1-3-5-14-23-19(22)21-12-10-16(11-13-21)15-20-18-9-6-8-17(18)7-4-2/h4,16-18,20H,2-3,5-15H2,1H3. The predicted molar refractivity (Wildman–Crippen MR) is 94.5 cm³/mol. The molecule has 0 aromatic rings. The van der Waals surface area contributed by atoms with Crippen LogP contribution in [0.1, 0.15) is 58.3 Å². The number of piperidine rings is 1. The van der Waals surface area contributed by atoms with Gasteiger partial charge < -0.3 is 15.0 Å². The zero-order valence-electron chi connectivity index (χ0n) is 14.8. The van der Waals surface area contributed by atoms with E-state index in [0.29, 0.717) is 18.6 Å². The number of likely N-dealkylation sites (tertiary alicyclic amines) is 1. The molecule has 2 atom stereocenters. The molecule has 1 saturated carbocycles. The minimum Gasteiger partial charge on any atom is -0.449 e. The molecular formula is C19H34N2O2. The third-order valence-electron chi connectivity index (χ3n) is 5.39. The van der Waals surface area contributed by atoms with Crippen molar-refractivity contribution in [3.05, 3.63) is 12.7 Å². The summed E-state index contributed by atoms with van der Waals surface area (Å²) >= 11 is 0. The summed E-state index contributed by atoms with van der Waals surface area (Å²) in [7, 11) is 0. The first-order valence-corrected chi connectivity index (χ1v) is 9.50. The molecule has 0 aromatic heterocycles. The molecule has 2 fully saturated rings. The minimum atomic E-state index is -0.119. The number of amides is 1. The van der Waals surface area contributed by atoms with E-state index in [-0.39, 0.29) is 6.09 Å². The number of hydrogen-bond donors (Lipinski definition) is 1. The normalized spacial score (nSPS) is 25.5. The lowest BCUT2D eigenvalue weighted by atomic mass is 9.95. The molecule has 0 aromatic carbocycles. The van der Waals surface area contributed by atoms with E-state index < -0.39 is 0 Å². The Labute approximate surface area is 141 Å². The molecule has 4 heteroatoms. The quantitative estimate of drug-likeness (QED) is 0.543. The van der Waals surface area contributed by atoms with Crippen LogP contribution in [0.3, 0.4) is 0 Å². The van der Waals surface area contributed by atoms with Crippen LogP contribution < -0.4 is 5.32 Å². The lowest BCUT2D eigenvalue weighted by Gasteiger charge is -2.32. The zero-order chi connectivity index (χ0) is 16.5. The lowest BCUT2D eigenvalue weighted by molar-refractivity contribution is 0.0861. The molecule has 2 aliphatic rings. The van der Waals surface area contributed by atoms with Gasteiger partial charge in [0.05, 0.1) is 6.61 Å². The van der Waals surface area contributed by atoms with Gasteiger partial charge in [0.2, 0.25) is 0 Å². The lowest BCUT2D eigenvalue weighted by Crippen LogP contribution is -2.43. The highest BCUT2D eigenvalue weighted by atomic mass is 16.6. The molecule has 23 heavy (non-hydrogen) atoms. The van der Waals surface area contributed by atoms with Crippen LogP contribution in [0.15, 0.2) is 12.7 Å². The average Bonchev–Trinajstić information content (AvgIpc) is 3.01. The summed E-state index contributed by atoms with van der Waals surface area (Å²) in [6.45, 7) is 9.33. The molecule has 1 saturated heterocycles. The fourth-order valence-electron chi connectivity index (χ4n) is 3.83. The highest BCUT2D eigenvalue weighted by Gasteiger charge is 2.28. The van der Waals surface area contributed by atoms with Crippen molar-refractivity contribution in [2.75, 3.05) is 26.2 Å². The van der Waals surface area contributed by atoms with Crippen molar-refractivity contribution < 1.29 is 9.53 Å². The van der Waals surface area contributed by atoms with Crippen molar-refractivity contribution in [2.45, 2.75) is 64.3 Å². The molecule has 1 heterocycles. The molecule has 0 radical (unpaired) electrons. The third-order valence-corrected chi connectivity index (χ3v) is 5.39. The van der Waals surface area contributed by atoms with Crippen LogP contribution >= 0.6 is 0 Å². The van der Waals surface area contributed by atoms with Gasteiger partial charge in [-0.25, -0.2) is 4.79 Å². The molecule has 1 N–H and O–H groups in total. The number of allylic oxidation sites excluding steroid dienone is 1. The van der Waals surface area contributed by atoms with Crippen molar-refractivity contribution in [1.82, 2.24) is 10.2 Å². The number of nitrogens with one attached hydrogen (secondary N) is 1. The van der Waals surface area contributed by atoms with E-state index in [1.807, 2.05) is 4.90 Å². The van der Waals surface area contributed by atoms with E-state index in [2.05, 4.69) is 24.9 Å². The Morgan fingerprint density at radius 1 is 1.30 bits per heavy atom. The second kappa shape index (κ2) is 9.96. The predicted octanol–water partition coefficient (Wildman–Crippen LogP) is 3.97. The summed E-state index contributed by atoms with van der Waals surface area (Å²) in [5.74, 6) is 1.47. The van der Waals surface area contributed by atoms with Crippen molar-refractivity contribution in [3.63, 3.8) is 0 Å². The summed E-state index contributed by atoms with van der Waals surface area (Å²) in [4.78, 5) is 13.8. The number of rotatable bonds is 8. The maximum absolute atomic E-state index is 11.9. The van der Waals surface area contributed by atoms with Gasteiger partial charge in [-0.2, -0.15) is 0 Å². The van der Waals surface area contributed by atoms with Crippen LogP contribution in [-0.4, -0.2) is 43.3 Å². The largest absolute Gasteiger partial charge is 0.449 e. The average molecular weight is 322 g/mol. The van der Waals surface area contributed by atoms with E-state index in [0.717, 1.165) is 57.7 Å². The van der Waals surface area contributed by atoms with E-state index in [4.69, 9.17) is 4.74 Å². The Hall–Kier alpha value is -1.03. The van der Waals surface area contributed by atoms with Crippen LogP contribution in [-0.2, 0) is 4.74 Å². The maximum atomic E-state index is 11.9. The van der Waals surface area contributed by atoms with Gasteiger partial charge in [-0.3, -0.25) is 0 Å². The fourth-order valence-corrected chi connectivity index (χ4v) is 3.83. The monoisotopic (exact) mass is 322 g/mol. The molecule has 1 aliphatic heterocycles. The summed E-state index contributed by atoms with van der Waals surface area (Å²) in [5.41, 5.74) is 0.